The Balaban J connectivity index is 1.94. The molecule has 2 aromatic carbocycles. The number of carbonyl (C=O) groups is 3. The lowest BCUT2D eigenvalue weighted by Gasteiger charge is -2.17. The van der Waals surface area contributed by atoms with Crippen molar-refractivity contribution in [1.82, 2.24) is 4.90 Å². The SMILES string of the molecule is COC(=O)C1=C(Nc2cc(C)ccc2NC(=O)c2ccccc2C)C(=O)N(CCO)C1. The zero-order valence-corrected chi connectivity index (χ0v) is 17.7. The lowest BCUT2D eigenvalue weighted by atomic mass is 10.1. The van der Waals surface area contributed by atoms with Crippen LogP contribution in [0.25, 0.3) is 0 Å². The Morgan fingerprint density at radius 1 is 1.13 bits per heavy atom. The second-order valence-corrected chi connectivity index (χ2v) is 7.24. The molecule has 2 aromatic rings. The van der Waals surface area contributed by atoms with Crippen LogP contribution in [0.15, 0.2) is 53.7 Å². The number of ether oxygens (including phenoxy) is 1. The smallest absolute Gasteiger partial charge is 0.337 e. The molecule has 31 heavy (non-hydrogen) atoms. The molecule has 2 amide bonds. The summed E-state index contributed by atoms with van der Waals surface area (Å²) in [5.74, 6) is -1.34. The average molecular weight is 423 g/mol. The van der Waals surface area contributed by atoms with E-state index in [9.17, 15) is 19.5 Å². The van der Waals surface area contributed by atoms with Crippen LogP contribution in [0.5, 0.6) is 0 Å². The topological polar surface area (TPSA) is 108 Å². The first-order chi connectivity index (χ1) is 14.8. The minimum Gasteiger partial charge on any atom is -0.466 e. The molecule has 0 aliphatic carbocycles. The molecular weight excluding hydrogens is 398 g/mol. The summed E-state index contributed by atoms with van der Waals surface area (Å²) in [7, 11) is 1.24. The van der Waals surface area contributed by atoms with Crippen LogP contribution >= 0.6 is 0 Å². The fourth-order valence-corrected chi connectivity index (χ4v) is 3.37. The molecule has 8 heteroatoms. The van der Waals surface area contributed by atoms with Crippen molar-refractivity contribution in [1.29, 1.82) is 0 Å². The number of aliphatic hydroxyl groups excluding tert-OH is 1. The Morgan fingerprint density at radius 3 is 2.55 bits per heavy atom. The van der Waals surface area contributed by atoms with Crippen molar-refractivity contribution in [3.8, 4) is 0 Å². The van der Waals surface area contributed by atoms with E-state index in [1.54, 1.807) is 24.3 Å². The number of benzene rings is 2. The maximum Gasteiger partial charge on any atom is 0.337 e. The van der Waals surface area contributed by atoms with Crippen LogP contribution < -0.4 is 10.6 Å². The highest BCUT2D eigenvalue weighted by Crippen LogP contribution is 2.29. The van der Waals surface area contributed by atoms with Gasteiger partial charge >= 0.3 is 5.97 Å². The highest BCUT2D eigenvalue weighted by Gasteiger charge is 2.34. The number of hydrogen-bond donors (Lipinski definition) is 3. The molecule has 0 spiro atoms. The van der Waals surface area contributed by atoms with Gasteiger partial charge in [-0.2, -0.15) is 0 Å². The van der Waals surface area contributed by atoms with Crippen molar-refractivity contribution in [3.05, 3.63) is 70.4 Å². The van der Waals surface area contributed by atoms with Gasteiger partial charge in [0.2, 0.25) is 0 Å². The molecule has 1 aliphatic heterocycles. The third-order valence-electron chi connectivity index (χ3n) is 5.03. The first-order valence-corrected chi connectivity index (χ1v) is 9.82. The van der Waals surface area contributed by atoms with Gasteiger partial charge in [-0.1, -0.05) is 24.3 Å². The van der Waals surface area contributed by atoms with Gasteiger partial charge in [-0.3, -0.25) is 9.59 Å². The minimum atomic E-state index is -0.630. The molecule has 0 unspecified atom stereocenters. The minimum absolute atomic E-state index is 0.0329. The van der Waals surface area contributed by atoms with Crippen LogP contribution in [0.2, 0.25) is 0 Å². The van der Waals surface area contributed by atoms with Crippen molar-refractivity contribution in [2.45, 2.75) is 13.8 Å². The summed E-state index contributed by atoms with van der Waals surface area (Å²) >= 11 is 0. The number of amides is 2. The number of aryl methyl sites for hydroxylation is 2. The second kappa shape index (κ2) is 9.44. The van der Waals surface area contributed by atoms with Crippen LogP contribution in [0.1, 0.15) is 21.5 Å². The molecule has 1 aliphatic rings. The van der Waals surface area contributed by atoms with Gasteiger partial charge in [-0.15, -0.1) is 0 Å². The van der Waals surface area contributed by atoms with E-state index in [1.165, 1.54) is 12.0 Å². The highest BCUT2D eigenvalue weighted by molar-refractivity contribution is 6.10. The molecular formula is C23H25N3O5. The zero-order chi connectivity index (χ0) is 22.5. The van der Waals surface area contributed by atoms with Gasteiger partial charge in [0.05, 0.1) is 37.2 Å². The quantitative estimate of drug-likeness (QED) is 0.590. The van der Waals surface area contributed by atoms with Gasteiger partial charge < -0.3 is 25.4 Å². The normalized spacial score (nSPS) is 13.4. The van der Waals surface area contributed by atoms with Crippen LogP contribution in [0.4, 0.5) is 11.4 Å². The molecule has 1 heterocycles. The number of hydrogen-bond acceptors (Lipinski definition) is 6. The molecule has 0 saturated carbocycles. The Hall–Kier alpha value is -3.65. The number of β-amino-alcohol motifs (C(OH)–C–C–N with tert-alkyl or cyclic N) is 1. The molecule has 0 atom stereocenters. The van der Waals surface area contributed by atoms with Gasteiger partial charge in [-0.25, -0.2) is 4.79 Å². The van der Waals surface area contributed by atoms with Crippen molar-refractivity contribution in [3.63, 3.8) is 0 Å². The predicted molar refractivity (Wildman–Crippen MR) is 117 cm³/mol. The summed E-state index contributed by atoms with van der Waals surface area (Å²) < 4.78 is 4.82. The van der Waals surface area contributed by atoms with Gasteiger partial charge in [0.15, 0.2) is 0 Å². The van der Waals surface area contributed by atoms with Crippen molar-refractivity contribution in [2.24, 2.45) is 0 Å². The van der Waals surface area contributed by atoms with Gasteiger partial charge in [0, 0.05) is 12.1 Å². The van der Waals surface area contributed by atoms with E-state index < -0.39 is 11.9 Å². The fourth-order valence-electron chi connectivity index (χ4n) is 3.37. The maximum absolute atomic E-state index is 12.8. The van der Waals surface area contributed by atoms with E-state index in [4.69, 9.17) is 4.74 Å². The third kappa shape index (κ3) is 4.75. The summed E-state index contributed by atoms with van der Waals surface area (Å²) in [6, 6.07) is 12.6. The van der Waals surface area contributed by atoms with Crippen LogP contribution in [0, 0.1) is 13.8 Å². The third-order valence-corrected chi connectivity index (χ3v) is 5.03. The molecule has 0 fully saturated rings. The Morgan fingerprint density at radius 2 is 1.87 bits per heavy atom. The largest absolute Gasteiger partial charge is 0.466 e. The monoisotopic (exact) mass is 423 g/mol. The first kappa shape index (κ1) is 22.0. The van der Waals surface area contributed by atoms with E-state index in [0.29, 0.717) is 16.9 Å². The number of methoxy groups -OCH3 is 1. The summed E-state index contributed by atoms with van der Waals surface area (Å²) in [5.41, 5.74) is 3.43. The number of anilines is 2. The Bertz CT molecular complexity index is 1060. The van der Waals surface area contributed by atoms with E-state index in [2.05, 4.69) is 10.6 Å². The molecule has 3 rings (SSSR count). The van der Waals surface area contributed by atoms with Crippen LogP contribution in [-0.4, -0.2) is 54.6 Å². The van der Waals surface area contributed by atoms with Gasteiger partial charge in [-0.05, 0) is 43.2 Å². The average Bonchev–Trinajstić information content (AvgIpc) is 3.05. The number of carbonyl (C=O) groups excluding carboxylic acids is 3. The fraction of sp³-hybridized carbons (Fsp3) is 0.261. The standard InChI is InChI=1S/C23H25N3O5/c1-14-8-9-18(25-21(28)16-7-5-4-6-15(16)2)19(12-14)24-20-17(23(30)31-3)13-26(10-11-27)22(20)29/h4-9,12,24,27H,10-11,13H2,1-3H3,(H,25,28). The molecule has 0 bridgehead atoms. The van der Waals surface area contributed by atoms with Crippen molar-refractivity contribution < 1.29 is 24.2 Å². The maximum atomic E-state index is 12.8. The second-order valence-electron chi connectivity index (χ2n) is 7.24. The molecule has 0 saturated heterocycles. The van der Waals surface area contributed by atoms with Crippen LogP contribution in [0.3, 0.4) is 0 Å². The van der Waals surface area contributed by atoms with Crippen LogP contribution in [-0.2, 0) is 14.3 Å². The number of aliphatic hydroxyl groups is 1. The lowest BCUT2D eigenvalue weighted by Crippen LogP contribution is -2.31. The summed E-state index contributed by atoms with van der Waals surface area (Å²) in [6.45, 7) is 3.63. The van der Waals surface area contributed by atoms with Gasteiger partial charge in [0.25, 0.3) is 11.8 Å². The first-order valence-electron chi connectivity index (χ1n) is 9.82. The van der Waals surface area contributed by atoms with E-state index in [-0.39, 0.29) is 36.9 Å². The molecule has 0 radical (unpaired) electrons. The molecule has 8 nitrogen and oxygen atoms in total. The number of rotatable bonds is 7. The number of esters is 1. The summed E-state index contributed by atoms with van der Waals surface area (Å²) in [4.78, 5) is 39.2. The number of nitrogens with one attached hydrogen (secondary N) is 2. The van der Waals surface area contributed by atoms with Crippen molar-refractivity contribution >= 4 is 29.2 Å². The molecule has 0 aromatic heterocycles. The zero-order valence-electron chi connectivity index (χ0n) is 17.7. The highest BCUT2D eigenvalue weighted by atomic mass is 16.5. The number of nitrogens with zero attached hydrogens (tertiary/aromatic N) is 1. The Kier molecular flexibility index (Phi) is 6.71. The Labute approximate surface area is 180 Å². The molecule has 162 valence electrons. The van der Waals surface area contributed by atoms with E-state index in [0.717, 1.165) is 11.1 Å². The van der Waals surface area contributed by atoms with Gasteiger partial charge in [0.1, 0.15) is 5.70 Å². The van der Waals surface area contributed by atoms with Crippen molar-refractivity contribution in [2.75, 3.05) is 37.4 Å². The summed E-state index contributed by atoms with van der Waals surface area (Å²) in [6.07, 6.45) is 0. The van der Waals surface area contributed by atoms with E-state index in [1.807, 2.05) is 32.0 Å². The summed E-state index contributed by atoms with van der Waals surface area (Å²) in [5, 5.41) is 15.1. The predicted octanol–water partition coefficient (Wildman–Crippen LogP) is 2.23. The molecule has 3 N–H and O–H groups in total. The van der Waals surface area contributed by atoms with E-state index >= 15 is 0 Å². The lowest BCUT2D eigenvalue weighted by molar-refractivity contribution is -0.136.